The first-order valence-corrected chi connectivity index (χ1v) is 9.75. The van der Waals surface area contributed by atoms with Crippen LogP contribution in [0.25, 0.3) is 22.2 Å². The molecular weight excluding hydrogens is 364 g/mol. The largest absolute Gasteiger partial charge is 0.428 e. The van der Waals surface area contributed by atoms with Crippen molar-refractivity contribution in [1.29, 1.82) is 0 Å². The van der Waals surface area contributed by atoms with Crippen molar-refractivity contribution < 1.29 is 9.21 Å². The number of nitrogens with zero attached hydrogens (tertiary/aromatic N) is 1. The Morgan fingerprint density at radius 2 is 1.59 bits per heavy atom. The highest BCUT2D eigenvalue weighted by atomic mass is 16.4. The van der Waals surface area contributed by atoms with Gasteiger partial charge in [-0.05, 0) is 48.1 Å². The van der Waals surface area contributed by atoms with Crippen LogP contribution in [0, 0.1) is 0 Å². The molecule has 1 heterocycles. The third kappa shape index (κ3) is 4.29. The summed E-state index contributed by atoms with van der Waals surface area (Å²) < 4.78 is 6.37. The van der Waals surface area contributed by atoms with Gasteiger partial charge >= 0.3 is 11.8 Å². The Morgan fingerprint density at radius 3 is 2.34 bits per heavy atom. The fraction of sp³-hybridized carbons (Fsp3) is 0.167. The lowest BCUT2D eigenvalue weighted by Crippen LogP contribution is -2.34. The number of carbonyl (C=O) groups excluding carboxylic acids is 1. The van der Waals surface area contributed by atoms with Crippen LogP contribution in [0.2, 0.25) is 0 Å². The summed E-state index contributed by atoms with van der Waals surface area (Å²) in [6.45, 7) is 0.507. The first-order chi connectivity index (χ1) is 14.2. The van der Waals surface area contributed by atoms with Gasteiger partial charge in [-0.1, -0.05) is 66.7 Å². The fourth-order valence-corrected chi connectivity index (χ4v) is 3.39. The smallest absolute Gasteiger partial charge is 0.407 e. The minimum atomic E-state index is -0.674. The van der Waals surface area contributed by atoms with Crippen LogP contribution in [0.15, 0.2) is 88.1 Å². The SMILES string of the molecule is O=C(NCCCCc1ccccc1)n1c(=O)oc2cc(-c3ccccc3)ccc21. The number of aryl methyl sites for hydroxylation is 1. The highest BCUT2D eigenvalue weighted by molar-refractivity contribution is 5.90. The molecule has 1 aromatic heterocycles. The zero-order valence-corrected chi connectivity index (χ0v) is 16.0. The number of benzene rings is 3. The summed E-state index contributed by atoms with van der Waals surface area (Å²) in [6, 6.07) is 25.0. The molecule has 1 N–H and O–H groups in total. The summed E-state index contributed by atoms with van der Waals surface area (Å²) >= 11 is 0. The maximum absolute atomic E-state index is 12.5. The Kier molecular flexibility index (Phi) is 5.56. The number of hydrogen-bond donors (Lipinski definition) is 1. The molecule has 0 bridgehead atoms. The van der Waals surface area contributed by atoms with Gasteiger partial charge in [-0.2, -0.15) is 4.57 Å². The molecule has 0 saturated heterocycles. The molecule has 0 atom stereocenters. The molecule has 0 spiro atoms. The monoisotopic (exact) mass is 386 g/mol. The van der Waals surface area contributed by atoms with E-state index in [4.69, 9.17) is 4.42 Å². The Hall–Kier alpha value is -3.60. The minimum Gasteiger partial charge on any atom is -0.407 e. The second-order valence-corrected chi connectivity index (χ2v) is 6.93. The Morgan fingerprint density at radius 1 is 0.862 bits per heavy atom. The average Bonchev–Trinajstić information content (AvgIpc) is 3.09. The van der Waals surface area contributed by atoms with Gasteiger partial charge in [0.1, 0.15) is 0 Å². The van der Waals surface area contributed by atoms with Crippen LogP contribution >= 0.6 is 0 Å². The molecule has 5 nitrogen and oxygen atoms in total. The van der Waals surface area contributed by atoms with Crippen molar-refractivity contribution in [3.05, 3.63) is 95.0 Å². The Labute approximate surface area is 168 Å². The van der Waals surface area contributed by atoms with E-state index in [1.54, 1.807) is 12.1 Å². The predicted octanol–water partition coefficient (Wildman–Crippen LogP) is 4.84. The molecule has 146 valence electrons. The van der Waals surface area contributed by atoms with Crippen LogP contribution in [0.1, 0.15) is 18.4 Å². The van der Waals surface area contributed by atoms with E-state index in [0.29, 0.717) is 17.6 Å². The van der Waals surface area contributed by atoms with Crippen molar-refractivity contribution in [2.24, 2.45) is 0 Å². The zero-order chi connectivity index (χ0) is 20.1. The van der Waals surface area contributed by atoms with Gasteiger partial charge in [0.25, 0.3) is 0 Å². The number of fused-ring (bicyclic) bond motifs is 1. The predicted molar refractivity (Wildman–Crippen MR) is 114 cm³/mol. The molecule has 0 saturated carbocycles. The third-order valence-electron chi connectivity index (χ3n) is 4.90. The minimum absolute atomic E-state index is 0.399. The van der Waals surface area contributed by atoms with Crippen molar-refractivity contribution >= 4 is 17.1 Å². The Bertz CT molecular complexity index is 1160. The number of amides is 1. The molecule has 0 radical (unpaired) electrons. The van der Waals surface area contributed by atoms with Gasteiger partial charge in [0.2, 0.25) is 0 Å². The van der Waals surface area contributed by atoms with Crippen LogP contribution in [0.3, 0.4) is 0 Å². The van der Waals surface area contributed by atoms with Gasteiger partial charge in [-0.3, -0.25) is 0 Å². The lowest BCUT2D eigenvalue weighted by atomic mass is 10.1. The number of carbonyl (C=O) groups is 1. The molecule has 0 fully saturated rings. The highest BCUT2D eigenvalue weighted by Crippen LogP contribution is 2.23. The van der Waals surface area contributed by atoms with Crippen molar-refractivity contribution in [2.75, 3.05) is 6.54 Å². The van der Waals surface area contributed by atoms with E-state index in [0.717, 1.165) is 35.0 Å². The summed E-state index contributed by atoms with van der Waals surface area (Å²) in [7, 11) is 0. The number of nitrogens with one attached hydrogen (secondary N) is 1. The van der Waals surface area contributed by atoms with Crippen LogP contribution in [0.5, 0.6) is 0 Å². The molecule has 4 aromatic rings. The molecule has 5 heteroatoms. The maximum Gasteiger partial charge on any atom is 0.428 e. The number of hydrogen-bond acceptors (Lipinski definition) is 3. The van der Waals surface area contributed by atoms with E-state index in [2.05, 4.69) is 17.4 Å². The number of unbranched alkanes of at least 4 members (excludes halogenated alkanes) is 1. The van der Waals surface area contributed by atoms with Crippen molar-refractivity contribution in [2.45, 2.75) is 19.3 Å². The number of aromatic nitrogens is 1. The summed E-state index contributed by atoms with van der Waals surface area (Å²) in [5.41, 5.74) is 4.10. The lowest BCUT2D eigenvalue weighted by Gasteiger charge is -2.06. The second kappa shape index (κ2) is 8.61. The van der Waals surface area contributed by atoms with E-state index in [-0.39, 0.29) is 0 Å². The average molecular weight is 386 g/mol. The third-order valence-corrected chi connectivity index (χ3v) is 4.90. The quantitative estimate of drug-likeness (QED) is 0.482. The summed E-state index contributed by atoms with van der Waals surface area (Å²) in [6.07, 6.45) is 2.77. The van der Waals surface area contributed by atoms with E-state index in [9.17, 15) is 9.59 Å². The molecule has 4 rings (SSSR count). The first kappa shape index (κ1) is 18.7. The molecule has 3 aromatic carbocycles. The molecule has 29 heavy (non-hydrogen) atoms. The van der Waals surface area contributed by atoms with Gasteiger partial charge in [0, 0.05) is 6.54 Å². The van der Waals surface area contributed by atoms with Gasteiger partial charge in [0.15, 0.2) is 5.58 Å². The first-order valence-electron chi connectivity index (χ1n) is 9.75. The second-order valence-electron chi connectivity index (χ2n) is 6.93. The van der Waals surface area contributed by atoms with Crippen molar-refractivity contribution in [3.8, 4) is 11.1 Å². The number of oxazole rings is 1. The normalized spacial score (nSPS) is 10.9. The molecule has 0 aliphatic carbocycles. The van der Waals surface area contributed by atoms with Crippen LogP contribution in [0.4, 0.5) is 4.79 Å². The number of rotatable bonds is 6. The van der Waals surface area contributed by atoms with Gasteiger partial charge in [-0.25, -0.2) is 9.59 Å². The van der Waals surface area contributed by atoms with Crippen molar-refractivity contribution in [3.63, 3.8) is 0 Å². The van der Waals surface area contributed by atoms with Gasteiger partial charge < -0.3 is 9.73 Å². The van der Waals surface area contributed by atoms with E-state index in [1.165, 1.54) is 5.56 Å². The fourth-order valence-electron chi connectivity index (χ4n) is 3.39. The standard InChI is InChI=1S/C24H22N2O3/c27-23(25-16-8-7-11-18-9-3-1-4-10-18)26-21-15-14-20(17-22(21)29-24(26)28)19-12-5-2-6-13-19/h1-6,9-10,12-15,17H,7-8,11,16H2,(H,25,27). The van der Waals surface area contributed by atoms with E-state index >= 15 is 0 Å². The van der Waals surface area contributed by atoms with E-state index < -0.39 is 11.8 Å². The van der Waals surface area contributed by atoms with Crippen LogP contribution in [-0.2, 0) is 6.42 Å². The van der Waals surface area contributed by atoms with Gasteiger partial charge in [-0.15, -0.1) is 0 Å². The van der Waals surface area contributed by atoms with Crippen molar-refractivity contribution in [1.82, 2.24) is 9.88 Å². The maximum atomic E-state index is 12.5. The summed E-state index contributed by atoms with van der Waals surface area (Å²) in [5, 5.41) is 2.81. The highest BCUT2D eigenvalue weighted by Gasteiger charge is 2.16. The summed E-state index contributed by atoms with van der Waals surface area (Å²) in [5.74, 6) is -0.674. The van der Waals surface area contributed by atoms with Crippen LogP contribution < -0.4 is 11.1 Å². The molecule has 1 amide bonds. The Balaban J connectivity index is 1.41. The molecule has 0 aliphatic heterocycles. The zero-order valence-electron chi connectivity index (χ0n) is 16.0. The summed E-state index contributed by atoms with van der Waals surface area (Å²) in [4.78, 5) is 24.8. The molecule has 0 aliphatic rings. The van der Waals surface area contributed by atoms with Gasteiger partial charge in [0.05, 0.1) is 5.52 Å². The molecular formula is C24H22N2O3. The lowest BCUT2D eigenvalue weighted by molar-refractivity contribution is 0.241. The molecule has 0 unspecified atom stereocenters. The van der Waals surface area contributed by atoms with Crippen LogP contribution in [-0.4, -0.2) is 17.1 Å². The van der Waals surface area contributed by atoms with E-state index in [1.807, 2.05) is 54.6 Å². The topological polar surface area (TPSA) is 64.2 Å².